The van der Waals surface area contributed by atoms with Crippen LogP contribution >= 0.6 is 0 Å². The normalized spacial score (nSPS) is 13.9. The molecule has 3 heterocycles. The molecule has 38 heavy (non-hydrogen) atoms. The molecule has 0 bridgehead atoms. The largest absolute Gasteiger partial charge is 0.496 e. The number of carbonyl (C=O) groups is 1. The molecule has 2 aromatic carbocycles. The molecule has 1 aliphatic heterocycles. The maximum absolute atomic E-state index is 15.6. The van der Waals surface area contributed by atoms with Crippen molar-refractivity contribution in [1.82, 2.24) is 14.9 Å². The molecule has 1 N–H and O–H groups in total. The molecule has 0 radical (unpaired) electrons. The predicted molar refractivity (Wildman–Crippen MR) is 143 cm³/mol. The van der Waals surface area contributed by atoms with Gasteiger partial charge < -0.3 is 24.3 Å². The van der Waals surface area contributed by atoms with Crippen molar-refractivity contribution in [3.8, 4) is 22.6 Å². The summed E-state index contributed by atoms with van der Waals surface area (Å²) in [7, 11) is 3.01. The molecule has 0 spiro atoms. The van der Waals surface area contributed by atoms with Gasteiger partial charge in [-0.1, -0.05) is 32.0 Å². The van der Waals surface area contributed by atoms with E-state index >= 15 is 4.39 Å². The minimum atomic E-state index is -0.484. The van der Waals surface area contributed by atoms with Crippen LogP contribution in [0.25, 0.3) is 22.0 Å². The molecule has 0 atom stereocenters. The molecule has 1 amide bonds. The topological polar surface area (TPSA) is 70.7 Å². The Morgan fingerprint density at radius 2 is 1.74 bits per heavy atom. The number of anilines is 1. The van der Waals surface area contributed by atoms with Crippen LogP contribution in [-0.4, -0.2) is 61.2 Å². The summed E-state index contributed by atoms with van der Waals surface area (Å²) in [4.78, 5) is 24.5. The SMILES string of the molecule is COc1ccccc1-c1cc(C(C)C)c(F)c2[nH]c(C(=O)N3CCN(c4nccc(F)c4OC)CC3)cc12. The van der Waals surface area contributed by atoms with Crippen LogP contribution in [-0.2, 0) is 0 Å². The summed E-state index contributed by atoms with van der Waals surface area (Å²) in [5, 5.41) is 0.618. The fourth-order valence-corrected chi connectivity index (χ4v) is 5.03. The van der Waals surface area contributed by atoms with Crippen molar-refractivity contribution in [1.29, 1.82) is 0 Å². The molecule has 7 nitrogen and oxygen atoms in total. The maximum atomic E-state index is 15.6. The third kappa shape index (κ3) is 4.42. The molecule has 0 unspecified atom stereocenters. The molecule has 5 rings (SSSR count). The van der Waals surface area contributed by atoms with Crippen molar-refractivity contribution in [2.75, 3.05) is 45.3 Å². The second kappa shape index (κ2) is 10.3. The molecule has 4 aromatic rings. The van der Waals surface area contributed by atoms with Crippen LogP contribution in [0.2, 0.25) is 0 Å². The van der Waals surface area contributed by atoms with Gasteiger partial charge in [0.05, 0.1) is 19.7 Å². The smallest absolute Gasteiger partial charge is 0.270 e. The quantitative estimate of drug-likeness (QED) is 0.358. The monoisotopic (exact) mass is 520 g/mol. The lowest BCUT2D eigenvalue weighted by Crippen LogP contribution is -2.49. The second-order valence-corrected chi connectivity index (χ2v) is 9.58. The summed E-state index contributed by atoms with van der Waals surface area (Å²) in [6.07, 6.45) is 1.40. The van der Waals surface area contributed by atoms with Gasteiger partial charge in [-0.2, -0.15) is 0 Å². The van der Waals surface area contributed by atoms with E-state index in [0.717, 1.165) is 11.1 Å². The third-order valence-electron chi connectivity index (χ3n) is 7.04. The van der Waals surface area contributed by atoms with Crippen LogP contribution in [0.15, 0.2) is 48.7 Å². The van der Waals surface area contributed by atoms with Crippen molar-refractivity contribution in [3.05, 3.63) is 71.6 Å². The molecule has 198 valence electrons. The number of hydrogen-bond acceptors (Lipinski definition) is 5. The van der Waals surface area contributed by atoms with Crippen molar-refractivity contribution in [2.24, 2.45) is 0 Å². The van der Waals surface area contributed by atoms with E-state index in [4.69, 9.17) is 9.47 Å². The zero-order valence-corrected chi connectivity index (χ0v) is 21.8. The Morgan fingerprint density at radius 1 is 1.00 bits per heavy atom. The standard InChI is InChI=1S/C29H30F2N4O3/c1-17(2)19-15-20(18-7-5-6-8-24(18)37-3)21-16-23(33-26(21)25(19)31)29(36)35-13-11-34(12-14-35)28-27(38-4)22(30)9-10-32-28/h5-10,15-17,33H,11-14H2,1-4H3. The zero-order chi connectivity index (χ0) is 27.0. The molecule has 1 aliphatic rings. The van der Waals surface area contributed by atoms with Gasteiger partial charge in [0, 0.05) is 43.3 Å². The number of aromatic amines is 1. The number of nitrogens with one attached hydrogen (secondary N) is 1. The molecular formula is C29H30F2N4O3. The second-order valence-electron chi connectivity index (χ2n) is 9.58. The van der Waals surface area contributed by atoms with Gasteiger partial charge in [0.15, 0.2) is 23.2 Å². The molecule has 9 heteroatoms. The number of para-hydroxylation sites is 1. The molecular weight excluding hydrogens is 490 g/mol. The summed E-state index contributed by atoms with van der Waals surface area (Å²) in [6.45, 7) is 5.58. The van der Waals surface area contributed by atoms with Crippen LogP contribution in [0.1, 0.15) is 35.8 Å². The number of pyridine rings is 1. The van der Waals surface area contributed by atoms with Gasteiger partial charge >= 0.3 is 0 Å². The lowest BCUT2D eigenvalue weighted by molar-refractivity contribution is 0.0741. The fraction of sp³-hybridized carbons (Fsp3) is 0.310. The first-order valence-electron chi connectivity index (χ1n) is 12.5. The Labute approximate surface area is 220 Å². The van der Waals surface area contributed by atoms with Gasteiger partial charge in [-0.3, -0.25) is 4.79 Å². The number of halogens is 2. The first kappa shape index (κ1) is 25.5. The van der Waals surface area contributed by atoms with Gasteiger partial charge in [0.25, 0.3) is 5.91 Å². The van der Waals surface area contributed by atoms with Crippen LogP contribution < -0.4 is 14.4 Å². The Balaban J connectivity index is 1.47. The number of amides is 1. The number of benzene rings is 2. The Bertz CT molecular complexity index is 1490. The number of aromatic nitrogens is 2. The van der Waals surface area contributed by atoms with E-state index in [0.29, 0.717) is 59.9 Å². The van der Waals surface area contributed by atoms with E-state index in [9.17, 15) is 9.18 Å². The lowest BCUT2D eigenvalue weighted by atomic mass is 9.93. The molecule has 0 saturated carbocycles. The lowest BCUT2D eigenvalue weighted by Gasteiger charge is -2.35. The fourth-order valence-electron chi connectivity index (χ4n) is 5.03. The van der Waals surface area contributed by atoms with E-state index < -0.39 is 5.82 Å². The van der Waals surface area contributed by atoms with E-state index in [-0.39, 0.29) is 23.4 Å². The minimum Gasteiger partial charge on any atom is -0.496 e. The first-order valence-corrected chi connectivity index (χ1v) is 12.5. The number of rotatable bonds is 6. The number of piperazine rings is 1. The highest BCUT2D eigenvalue weighted by Crippen LogP contribution is 2.39. The highest BCUT2D eigenvalue weighted by Gasteiger charge is 2.28. The predicted octanol–water partition coefficient (Wildman–Crippen LogP) is 5.61. The Hall–Kier alpha value is -4.14. The van der Waals surface area contributed by atoms with Crippen molar-refractivity contribution >= 4 is 22.6 Å². The van der Waals surface area contributed by atoms with Crippen LogP contribution in [0.4, 0.5) is 14.6 Å². The average molecular weight is 521 g/mol. The highest BCUT2D eigenvalue weighted by molar-refractivity contribution is 6.04. The Kier molecular flexibility index (Phi) is 6.93. The summed E-state index contributed by atoms with van der Waals surface area (Å²) in [6, 6.07) is 12.4. The third-order valence-corrected chi connectivity index (χ3v) is 7.04. The number of nitrogens with zero attached hydrogens (tertiary/aromatic N) is 3. The van der Waals surface area contributed by atoms with Gasteiger partial charge in [-0.05, 0) is 41.3 Å². The van der Waals surface area contributed by atoms with Gasteiger partial charge in [-0.25, -0.2) is 13.8 Å². The Morgan fingerprint density at radius 3 is 2.42 bits per heavy atom. The molecule has 0 aliphatic carbocycles. The van der Waals surface area contributed by atoms with Crippen molar-refractivity contribution < 1.29 is 23.0 Å². The van der Waals surface area contributed by atoms with Gasteiger partial charge in [0.2, 0.25) is 0 Å². The summed E-state index contributed by atoms with van der Waals surface area (Å²) in [5.41, 5.74) is 2.79. The van der Waals surface area contributed by atoms with Crippen LogP contribution in [0.3, 0.4) is 0 Å². The van der Waals surface area contributed by atoms with E-state index in [1.807, 2.05) is 49.1 Å². The van der Waals surface area contributed by atoms with E-state index in [1.54, 1.807) is 18.1 Å². The van der Waals surface area contributed by atoms with Crippen LogP contribution in [0, 0.1) is 11.6 Å². The summed E-state index contributed by atoms with van der Waals surface area (Å²) < 4.78 is 40.5. The van der Waals surface area contributed by atoms with E-state index in [2.05, 4.69) is 9.97 Å². The number of hydrogen-bond donors (Lipinski definition) is 1. The number of methoxy groups -OCH3 is 2. The minimum absolute atomic E-state index is 0.0585. The summed E-state index contributed by atoms with van der Waals surface area (Å²) in [5.74, 6) is 0.0395. The average Bonchev–Trinajstić information content (AvgIpc) is 3.39. The van der Waals surface area contributed by atoms with Gasteiger partial charge in [0.1, 0.15) is 11.4 Å². The van der Waals surface area contributed by atoms with Crippen molar-refractivity contribution in [2.45, 2.75) is 19.8 Å². The molecule has 2 aromatic heterocycles. The van der Waals surface area contributed by atoms with E-state index in [1.165, 1.54) is 19.4 Å². The molecule has 1 saturated heterocycles. The first-order chi connectivity index (χ1) is 18.3. The number of fused-ring (bicyclic) bond motifs is 1. The maximum Gasteiger partial charge on any atom is 0.270 e. The zero-order valence-electron chi connectivity index (χ0n) is 21.8. The van der Waals surface area contributed by atoms with Gasteiger partial charge in [-0.15, -0.1) is 0 Å². The van der Waals surface area contributed by atoms with Crippen LogP contribution in [0.5, 0.6) is 11.5 Å². The summed E-state index contributed by atoms with van der Waals surface area (Å²) >= 11 is 0. The number of ether oxygens (including phenoxy) is 2. The number of carbonyl (C=O) groups excluding carboxylic acids is 1. The highest BCUT2D eigenvalue weighted by atomic mass is 19.1. The van der Waals surface area contributed by atoms with Crippen molar-refractivity contribution in [3.63, 3.8) is 0 Å². The number of H-pyrrole nitrogens is 1. The molecule has 1 fully saturated rings.